The van der Waals surface area contributed by atoms with Crippen molar-refractivity contribution in [2.45, 2.75) is 38.6 Å². The highest BCUT2D eigenvalue weighted by molar-refractivity contribution is 9.10. The Hall–Kier alpha value is -0.380. The van der Waals surface area contributed by atoms with Crippen molar-refractivity contribution >= 4 is 33.3 Å². The second-order valence-corrected chi connectivity index (χ2v) is 5.52. The first kappa shape index (κ1) is 14.7. The molecule has 0 heterocycles. The van der Waals surface area contributed by atoms with E-state index in [0.717, 1.165) is 10.0 Å². The van der Waals surface area contributed by atoms with Gasteiger partial charge in [0.2, 0.25) is 0 Å². The average Bonchev–Trinajstić information content (AvgIpc) is 2.31. The molecule has 0 saturated heterocycles. The maximum Gasteiger partial charge on any atom is 0.157 e. The standard InChI is InChI=1S/C13H17BrClNO/c1-3-13(16,4-2)12(17)7-9-5-6-10(14)8-11(9)15/h5-6,8H,3-4,7,16H2,1-2H3. The fourth-order valence-electron chi connectivity index (χ4n) is 1.66. The second-order valence-electron chi connectivity index (χ2n) is 4.20. The quantitative estimate of drug-likeness (QED) is 0.899. The monoisotopic (exact) mass is 317 g/mol. The van der Waals surface area contributed by atoms with Crippen molar-refractivity contribution in [2.75, 3.05) is 0 Å². The molecule has 94 valence electrons. The van der Waals surface area contributed by atoms with Gasteiger partial charge in [-0.1, -0.05) is 47.4 Å². The molecule has 0 atom stereocenters. The van der Waals surface area contributed by atoms with E-state index in [9.17, 15) is 4.79 Å². The normalized spacial score (nSPS) is 11.6. The van der Waals surface area contributed by atoms with E-state index in [1.54, 1.807) is 6.07 Å². The van der Waals surface area contributed by atoms with Crippen molar-refractivity contribution in [3.8, 4) is 0 Å². The van der Waals surface area contributed by atoms with Crippen molar-refractivity contribution in [1.29, 1.82) is 0 Å². The number of rotatable bonds is 5. The Morgan fingerprint density at radius 1 is 1.41 bits per heavy atom. The van der Waals surface area contributed by atoms with E-state index in [0.29, 0.717) is 24.3 Å². The van der Waals surface area contributed by atoms with E-state index in [1.165, 1.54) is 0 Å². The fraction of sp³-hybridized carbons (Fsp3) is 0.462. The summed E-state index contributed by atoms with van der Waals surface area (Å²) in [5.41, 5.74) is 6.17. The van der Waals surface area contributed by atoms with Crippen molar-refractivity contribution in [1.82, 2.24) is 0 Å². The Balaban J connectivity index is 2.88. The lowest BCUT2D eigenvalue weighted by atomic mass is 9.86. The molecule has 0 unspecified atom stereocenters. The first-order chi connectivity index (χ1) is 7.92. The Bertz CT molecular complexity index is 416. The van der Waals surface area contributed by atoms with Crippen molar-refractivity contribution in [3.05, 3.63) is 33.3 Å². The van der Waals surface area contributed by atoms with Gasteiger partial charge in [0.25, 0.3) is 0 Å². The Morgan fingerprint density at radius 2 is 2.00 bits per heavy atom. The second kappa shape index (κ2) is 5.98. The summed E-state index contributed by atoms with van der Waals surface area (Å²) in [6, 6.07) is 5.53. The molecular formula is C13H17BrClNO. The van der Waals surface area contributed by atoms with Crippen LogP contribution in [0.25, 0.3) is 0 Å². The Morgan fingerprint density at radius 3 is 2.47 bits per heavy atom. The Labute approximate surface area is 116 Å². The number of hydrogen-bond donors (Lipinski definition) is 1. The molecule has 0 aliphatic rings. The molecule has 4 heteroatoms. The number of carbonyl (C=O) groups is 1. The van der Waals surface area contributed by atoms with Gasteiger partial charge in [0.15, 0.2) is 5.78 Å². The van der Waals surface area contributed by atoms with Gasteiger partial charge in [0.05, 0.1) is 5.54 Å². The van der Waals surface area contributed by atoms with Crippen LogP contribution in [-0.4, -0.2) is 11.3 Å². The van der Waals surface area contributed by atoms with Gasteiger partial charge in [0.1, 0.15) is 0 Å². The fourth-order valence-corrected chi connectivity index (χ4v) is 2.40. The van der Waals surface area contributed by atoms with E-state index >= 15 is 0 Å². The van der Waals surface area contributed by atoms with Crippen LogP contribution in [0.4, 0.5) is 0 Å². The molecule has 17 heavy (non-hydrogen) atoms. The third-order valence-electron chi connectivity index (χ3n) is 3.18. The molecule has 2 N–H and O–H groups in total. The number of Topliss-reactive ketones (excluding diaryl/α,β-unsaturated/α-hetero) is 1. The molecule has 0 bridgehead atoms. The predicted molar refractivity (Wildman–Crippen MR) is 75.4 cm³/mol. The van der Waals surface area contributed by atoms with Crippen molar-refractivity contribution < 1.29 is 4.79 Å². The average molecular weight is 319 g/mol. The number of carbonyl (C=O) groups excluding carboxylic acids is 1. The molecule has 2 nitrogen and oxygen atoms in total. The summed E-state index contributed by atoms with van der Waals surface area (Å²) in [4.78, 5) is 12.1. The smallest absolute Gasteiger partial charge is 0.157 e. The van der Waals surface area contributed by atoms with Crippen molar-refractivity contribution in [2.24, 2.45) is 5.73 Å². The maximum absolute atomic E-state index is 12.1. The minimum atomic E-state index is -0.726. The van der Waals surface area contributed by atoms with Gasteiger partial charge < -0.3 is 5.73 Å². The molecule has 0 spiro atoms. The van der Waals surface area contributed by atoms with Crippen LogP contribution in [0.3, 0.4) is 0 Å². The van der Waals surface area contributed by atoms with Gasteiger partial charge in [-0.25, -0.2) is 0 Å². The highest BCUT2D eigenvalue weighted by Gasteiger charge is 2.29. The minimum absolute atomic E-state index is 0.0479. The largest absolute Gasteiger partial charge is 0.319 e. The summed E-state index contributed by atoms with van der Waals surface area (Å²) in [6.45, 7) is 3.87. The number of nitrogens with two attached hydrogens (primary N) is 1. The van der Waals surface area contributed by atoms with Crippen LogP contribution in [0, 0.1) is 0 Å². The van der Waals surface area contributed by atoms with Gasteiger partial charge in [-0.05, 0) is 30.5 Å². The lowest BCUT2D eigenvalue weighted by Crippen LogP contribution is -2.47. The van der Waals surface area contributed by atoms with Crippen LogP contribution in [-0.2, 0) is 11.2 Å². The van der Waals surface area contributed by atoms with Gasteiger partial charge in [-0.15, -0.1) is 0 Å². The predicted octanol–water partition coefficient (Wildman–Crippen LogP) is 3.73. The number of benzene rings is 1. The van der Waals surface area contributed by atoms with E-state index in [-0.39, 0.29) is 5.78 Å². The number of halogens is 2. The highest BCUT2D eigenvalue weighted by Crippen LogP contribution is 2.24. The summed E-state index contributed by atoms with van der Waals surface area (Å²) < 4.78 is 0.906. The summed E-state index contributed by atoms with van der Waals surface area (Å²) in [5.74, 6) is 0.0479. The molecular weight excluding hydrogens is 302 g/mol. The van der Waals surface area contributed by atoms with Crippen LogP contribution in [0.1, 0.15) is 32.3 Å². The lowest BCUT2D eigenvalue weighted by molar-refractivity contribution is -0.123. The van der Waals surface area contributed by atoms with E-state index in [1.807, 2.05) is 26.0 Å². The molecule has 0 aliphatic carbocycles. The van der Waals surface area contributed by atoms with E-state index in [4.69, 9.17) is 17.3 Å². The molecule has 1 aromatic carbocycles. The number of hydrogen-bond acceptors (Lipinski definition) is 2. The summed E-state index contributed by atoms with van der Waals surface area (Å²) in [5, 5.41) is 0.599. The van der Waals surface area contributed by atoms with Crippen LogP contribution >= 0.6 is 27.5 Å². The van der Waals surface area contributed by atoms with E-state index < -0.39 is 5.54 Å². The van der Waals surface area contributed by atoms with Crippen LogP contribution in [0.2, 0.25) is 5.02 Å². The Kier molecular flexibility index (Phi) is 5.17. The first-order valence-corrected chi connectivity index (χ1v) is 6.86. The zero-order chi connectivity index (χ0) is 13.1. The van der Waals surface area contributed by atoms with E-state index in [2.05, 4.69) is 15.9 Å². The topological polar surface area (TPSA) is 43.1 Å². The van der Waals surface area contributed by atoms with Gasteiger partial charge in [-0.3, -0.25) is 4.79 Å². The molecule has 0 radical (unpaired) electrons. The van der Waals surface area contributed by atoms with Gasteiger partial charge >= 0.3 is 0 Å². The highest BCUT2D eigenvalue weighted by atomic mass is 79.9. The van der Waals surface area contributed by atoms with Gasteiger partial charge in [-0.2, -0.15) is 0 Å². The zero-order valence-electron chi connectivity index (χ0n) is 10.1. The first-order valence-electron chi connectivity index (χ1n) is 5.69. The SMILES string of the molecule is CCC(N)(CC)C(=O)Cc1ccc(Br)cc1Cl. The molecule has 1 aromatic rings. The third-order valence-corrected chi connectivity index (χ3v) is 4.03. The summed E-state index contributed by atoms with van der Waals surface area (Å²) >= 11 is 9.42. The molecule has 0 aliphatic heterocycles. The zero-order valence-corrected chi connectivity index (χ0v) is 12.4. The van der Waals surface area contributed by atoms with Crippen molar-refractivity contribution in [3.63, 3.8) is 0 Å². The molecule has 1 rings (SSSR count). The van der Waals surface area contributed by atoms with Crippen LogP contribution in [0.5, 0.6) is 0 Å². The lowest BCUT2D eigenvalue weighted by Gasteiger charge is -2.25. The molecule has 0 aromatic heterocycles. The molecule has 0 fully saturated rings. The minimum Gasteiger partial charge on any atom is -0.319 e. The number of ketones is 1. The van der Waals surface area contributed by atoms with Crippen LogP contribution in [0.15, 0.2) is 22.7 Å². The molecule has 0 amide bonds. The molecule has 0 saturated carbocycles. The maximum atomic E-state index is 12.1. The van der Waals surface area contributed by atoms with Crippen LogP contribution < -0.4 is 5.73 Å². The van der Waals surface area contributed by atoms with Gasteiger partial charge in [0, 0.05) is 15.9 Å². The summed E-state index contributed by atoms with van der Waals surface area (Å²) in [6.07, 6.45) is 1.59. The third kappa shape index (κ3) is 3.54. The summed E-state index contributed by atoms with van der Waals surface area (Å²) in [7, 11) is 0.